The van der Waals surface area contributed by atoms with Crippen molar-refractivity contribution < 1.29 is 13.9 Å². The fourth-order valence-electron chi connectivity index (χ4n) is 2.68. The average molecular weight is 330 g/mol. The second-order valence-electron chi connectivity index (χ2n) is 5.78. The van der Waals surface area contributed by atoms with Crippen molar-refractivity contribution >= 4 is 5.91 Å². The molecule has 0 bridgehead atoms. The first kappa shape index (κ1) is 18.0. The van der Waals surface area contributed by atoms with Gasteiger partial charge >= 0.3 is 0 Å². The molecule has 24 heavy (non-hydrogen) atoms. The molecule has 0 N–H and O–H groups in total. The van der Waals surface area contributed by atoms with Gasteiger partial charge in [-0.15, -0.1) is 0 Å². The maximum Gasteiger partial charge on any atom is 0.230 e. The zero-order valence-corrected chi connectivity index (χ0v) is 15.0. The standard InChI is InChI=1S/C19H26N2O3/c1-5-11-21(12-6-2)18(22)13-16-14(3)24-19(20-16)15-9-7-8-10-17(15)23-4/h7-10H,5-6,11-13H2,1-4H3. The SMILES string of the molecule is CCCN(CCC)C(=O)Cc1nc(-c2ccccc2OC)oc1C. The Morgan fingerprint density at radius 3 is 2.50 bits per heavy atom. The Hall–Kier alpha value is -2.30. The zero-order chi connectivity index (χ0) is 17.5. The molecule has 130 valence electrons. The summed E-state index contributed by atoms with van der Waals surface area (Å²) in [7, 11) is 1.62. The number of nitrogens with zero attached hydrogens (tertiary/aromatic N) is 2. The normalized spacial score (nSPS) is 10.7. The lowest BCUT2D eigenvalue weighted by atomic mass is 10.2. The van der Waals surface area contributed by atoms with Crippen molar-refractivity contribution in [2.24, 2.45) is 0 Å². The van der Waals surface area contributed by atoms with Crippen molar-refractivity contribution in [1.29, 1.82) is 0 Å². The van der Waals surface area contributed by atoms with E-state index in [0.29, 0.717) is 23.1 Å². The van der Waals surface area contributed by atoms with Gasteiger partial charge in [0.2, 0.25) is 11.8 Å². The molecule has 0 atom stereocenters. The van der Waals surface area contributed by atoms with Crippen molar-refractivity contribution in [3.63, 3.8) is 0 Å². The Morgan fingerprint density at radius 1 is 1.21 bits per heavy atom. The van der Waals surface area contributed by atoms with E-state index in [4.69, 9.17) is 9.15 Å². The smallest absolute Gasteiger partial charge is 0.230 e. The molecule has 0 aliphatic rings. The van der Waals surface area contributed by atoms with Gasteiger partial charge in [-0.1, -0.05) is 26.0 Å². The van der Waals surface area contributed by atoms with Crippen molar-refractivity contribution in [1.82, 2.24) is 9.88 Å². The molecule has 2 rings (SSSR count). The van der Waals surface area contributed by atoms with Gasteiger partial charge < -0.3 is 14.1 Å². The van der Waals surface area contributed by atoms with Crippen LogP contribution in [0.4, 0.5) is 0 Å². The fraction of sp³-hybridized carbons (Fsp3) is 0.474. The Balaban J connectivity index is 2.21. The van der Waals surface area contributed by atoms with Crippen LogP contribution in [0.1, 0.15) is 38.1 Å². The maximum atomic E-state index is 12.5. The summed E-state index contributed by atoms with van der Waals surface area (Å²) < 4.78 is 11.1. The van der Waals surface area contributed by atoms with Crippen molar-refractivity contribution in [2.75, 3.05) is 20.2 Å². The molecule has 0 saturated heterocycles. The highest BCUT2D eigenvalue weighted by molar-refractivity contribution is 5.78. The number of benzene rings is 1. The molecule has 1 heterocycles. The molecule has 5 nitrogen and oxygen atoms in total. The van der Waals surface area contributed by atoms with Crippen LogP contribution in [0.5, 0.6) is 5.75 Å². The topological polar surface area (TPSA) is 55.6 Å². The van der Waals surface area contributed by atoms with E-state index in [2.05, 4.69) is 18.8 Å². The minimum absolute atomic E-state index is 0.0988. The number of oxazole rings is 1. The molecule has 0 unspecified atom stereocenters. The highest BCUT2D eigenvalue weighted by Gasteiger charge is 2.19. The minimum atomic E-state index is 0.0988. The molecule has 0 spiro atoms. The molecule has 1 amide bonds. The molecular weight excluding hydrogens is 304 g/mol. The summed E-state index contributed by atoms with van der Waals surface area (Å²) in [6.45, 7) is 7.57. The Bertz CT molecular complexity index is 673. The first-order valence-corrected chi connectivity index (χ1v) is 8.48. The number of ether oxygens (including phenoxy) is 1. The highest BCUT2D eigenvalue weighted by Crippen LogP contribution is 2.30. The molecule has 2 aromatic rings. The Morgan fingerprint density at radius 2 is 1.88 bits per heavy atom. The van der Waals surface area contributed by atoms with E-state index < -0.39 is 0 Å². The summed E-state index contributed by atoms with van der Waals surface area (Å²) in [5.74, 6) is 1.97. The summed E-state index contributed by atoms with van der Waals surface area (Å²) >= 11 is 0. The van der Waals surface area contributed by atoms with Gasteiger partial charge in [-0.3, -0.25) is 4.79 Å². The van der Waals surface area contributed by atoms with Gasteiger partial charge in [-0.05, 0) is 31.9 Å². The number of amides is 1. The van der Waals surface area contributed by atoms with Gasteiger partial charge in [0, 0.05) is 13.1 Å². The lowest BCUT2D eigenvalue weighted by Crippen LogP contribution is -2.33. The van der Waals surface area contributed by atoms with Crippen LogP contribution in [-0.4, -0.2) is 36.0 Å². The van der Waals surface area contributed by atoms with Crippen LogP contribution in [0.15, 0.2) is 28.7 Å². The molecule has 0 aliphatic heterocycles. The van der Waals surface area contributed by atoms with E-state index >= 15 is 0 Å². The summed E-state index contributed by atoms with van der Waals surface area (Å²) in [5.41, 5.74) is 1.49. The molecule has 5 heteroatoms. The largest absolute Gasteiger partial charge is 0.496 e. The van der Waals surface area contributed by atoms with Crippen molar-refractivity contribution in [2.45, 2.75) is 40.0 Å². The molecule has 0 saturated carbocycles. The van der Waals surface area contributed by atoms with Gasteiger partial charge in [-0.25, -0.2) is 4.98 Å². The van der Waals surface area contributed by atoms with Gasteiger partial charge in [-0.2, -0.15) is 0 Å². The number of methoxy groups -OCH3 is 1. The second kappa shape index (κ2) is 8.52. The van der Waals surface area contributed by atoms with Gasteiger partial charge in [0.05, 0.1) is 24.8 Å². The van der Waals surface area contributed by atoms with E-state index in [1.165, 1.54) is 0 Å². The van der Waals surface area contributed by atoms with Crippen LogP contribution in [0, 0.1) is 6.92 Å². The summed E-state index contributed by atoms with van der Waals surface area (Å²) in [5, 5.41) is 0. The molecule has 1 aromatic heterocycles. The number of carbonyl (C=O) groups is 1. The number of para-hydroxylation sites is 1. The zero-order valence-electron chi connectivity index (χ0n) is 15.0. The van der Waals surface area contributed by atoms with E-state index in [0.717, 1.165) is 31.5 Å². The predicted octanol–water partition coefficient (Wildman–Crippen LogP) is 3.85. The maximum absolute atomic E-state index is 12.5. The predicted molar refractivity (Wildman–Crippen MR) is 94.1 cm³/mol. The number of rotatable bonds is 8. The monoisotopic (exact) mass is 330 g/mol. The molecular formula is C19H26N2O3. The van der Waals surface area contributed by atoms with Crippen LogP contribution < -0.4 is 4.74 Å². The second-order valence-corrected chi connectivity index (χ2v) is 5.78. The van der Waals surface area contributed by atoms with Gasteiger partial charge in [0.15, 0.2) is 0 Å². The van der Waals surface area contributed by atoms with Crippen LogP contribution in [-0.2, 0) is 11.2 Å². The Kier molecular flexibility index (Phi) is 6.41. The number of hydrogen-bond acceptors (Lipinski definition) is 4. The lowest BCUT2D eigenvalue weighted by molar-refractivity contribution is -0.130. The van der Waals surface area contributed by atoms with Crippen LogP contribution in [0.3, 0.4) is 0 Å². The first-order chi connectivity index (χ1) is 11.6. The van der Waals surface area contributed by atoms with Gasteiger partial charge in [0.1, 0.15) is 11.5 Å². The minimum Gasteiger partial charge on any atom is -0.496 e. The fourth-order valence-corrected chi connectivity index (χ4v) is 2.68. The summed E-state index contributed by atoms with van der Waals surface area (Å²) in [6, 6.07) is 7.57. The first-order valence-electron chi connectivity index (χ1n) is 8.48. The number of hydrogen-bond donors (Lipinski definition) is 0. The van der Waals surface area contributed by atoms with E-state index in [-0.39, 0.29) is 12.3 Å². The number of aromatic nitrogens is 1. The van der Waals surface area contributed by atoms with E-state index in [1.54, 1.807) is 7.11 Å². The van der Waals surface area contributed by atoms with Crippen molar-refractivity contribution in [3.8, 4) is 17.2 Å². The third-order valence-corrected chi connectivity index (χ3v) is 3.89. The number of carbonyl (C=O) groups excluding carboxylic acids is 1. The third-order valence-electron chi connectivity index (χ3n) is 3.89. The van der Waals surface area contributed by atoms with E-state index in [1.807, 2.05) is 36.1 Å². The van der Waals surface area contributed by atoms with Crippen molar-refractivity contribution in [3.05, 3.63) is 35.7 Å². The third kappa shape index (κ3) is 4.16. The van der Waals surface area contributed by atoms with Crippen LogP contribution in [0.25, 0.3) is 11.5 Å². The molecule has 0 aliphatic carbocycles. The number of aryl methyl sites for hydroxylation is 1. The Labute approximate surface area is 143 Å². The average Bonchev–Trinajstić information content (AvgIpc) is 2.95. The van der Waals surface area contributed by atoms with Crippen LogP contribution >= 0.6 is 0 Å². The quantitative estimate of drug-likeness (QED) is 0.738. The molecule has 0 radical (unpaired) electrons. The highest BCUT2D eigenvalue weighted by atomic mass is 16.5. The van der Waals surface area contributed by atoms with E-state index in [9.17, 15) is 4.79 Å². The van der Waals surface area contributed by atoms with Crippen LogP contribution in [0.2, 0.25) is 0 Å². The molecule has 0 fully saturated rings. The lowest BCUT2D eigenvalue weighted by Gasteiger charge is -2.20. The summed E-state index contributed by atoms with van der Waals surface area (Å²) in [4.78, 5) is 19.0. The molecule has 1 aromatic carbocycles. The van der Waals surface area contributed by atoms with Gasteiger partial charge in [0.25, 0.3) is 0 Å². The summed E-state index contributed by atoms with van der Waals surface area (Å²) in [6.07, 6.45) is 2.18.